The van der Waals surface area contributed by atoms with Gasteiger partial charge in [-0.05, 0) is 89.7 Å². The van der Waals surface area contributed by atoms with Crippen LogP contribution >= 0.6 is 34.4 Å². The van der Waals surface area contributed by atoms with Crippen LogP contribution in [0.15, 0.2) is 70.5 Å². The van der Waals surface area contributed by atoms with Crippen LogP contribution in [0, 0.1) is 17.4 Å². The van der Waals surface area contributed by atoms with Gasteiger partial charge in [-0.3, -0.25) is 14.5 Å². The van der Waals surface area contributed by atoms with Crippen LogP contribution in [0.1, 0.15) is 22.3 Å². The normalized spacial score (nSPS) is 15.0. The highest BCUT2D eigenvalue weighted by Crippen LogP contribution is 2.39. The quantitative estimate of drug-likeness (QED) is 0.181. The number of rotatable bonds is 7. The van der Waals surface area contributed by atoms with E-state index in [4.69, 9.17) is 8.92 Å². The van der Waals surface area contributed by atoms with Crippen LogP contribution in [0.4, 0.5) is 4.79 Å². The molecule has 3 aromatic rings. The fourth-order valence-corrected chi connectivity index (χ4v) is 6.23. The summed E-state index contributed by atoms with van der Waals surface area (Å²) in [6.45, 7) is 4.00. The van der Waals surface area contributed by atoms with Gasteiger partial charge in [-0.15, -0.1) is 0 Å². The van der Waals surface area contributed by atoms with Crippen molar-refractivity contribution in [2.75, 3.05) is 7.11 Å². The van der Waals surface area contributed by atoms with Crippen LogP contribution in [0.2, 0.25) is 0 Å². The molecule has 36 heavy (non-hydrogen) atoms. The first-order chi connectivity index (χ1) is 17.1. The maximum Gasteiger partial charge on any atom is 0.339 e. The Morgan fingerprint density at radius 2 is 1.72 bits per heavy atom. The highest BCUT2D eigenvalue weighted by Gasteiger charge is 2.35. The first-order valence-electron chi connectivity index (χ1n) is 10.8. The predicted octanol–water partition coefficient (Wildman–Crippen LogP) is 5.92. The van der Waals surface area contributed by atoms with E-state index in [9.17, 15) is 18.0 Å². The van der Waals surface area contributed by atoms with Gasteiger partial charge in [0.05, 0.1) is 22.1 Å². The molecule has 0 atom stereocenters. The van der Waals surface area contributed by atoms with Gasteiger partial charge in [0, 0.05) is 0 Å². The van der Waals surface area contributed by atoms with Gasteiger partial charge < -0.3 is 8.92 Å². The fraction of sp³-hybridized carbons (Fsp3) is 0.154. The summed E-state index contributed by atoms with van der Waals surface area (Å²) in [4.78, 5) is 27.0. The van der Waals surface area contributed by atoms with Crippen molar-refractivity contribution >= 4 is 61.7 Å². The van der Waals surface area contributed by atoms with E-state index in [1.807, 2.05) is 60.7 Å². The molecule has 1 aliphatic heterocycles. The Hall–Kier alpha value is -2.83. The number of hydrogen-bond acceptors (Lipinski definition) is 7. The Kier molecular flexibility index (Phi) is 7.76. The molecular weight excluding hydrogens is 613 g/mol. The molecule has 0 spiro atoms. The van der Waals surface area contributed by atoms with E-state index in [1.165, 1.54) is 24.1 Å². The number of ether oxygens (including phenoxy) is 1. The maximum absolute atomic E-state index is 13.0. The van der Waals surface area contributed by atoms with E-state index in [-0.39, 0.29) is 39.0 Å². The van der Waals surface area contributed by atoms with Gasteiger partial charge in [0.25, 0.3) is 11.1 Å². The molecule has 186 valence electrons. The molecule has 0 saturated carbocycles. The minimum Gasteiger partial charge on any atom is -0.493 e. The summed E-state index contributed by atoms with van der Waals surface area (Å²) < 4.78 is 36.9. The monoisotopic (exact) mass is 635 g/mol. The van der Waals surface area contributed by atoms with Crippen LogP contribution in [0.5, 0.6) is 11.5 Å². The van der Waals surface area contributed by atoms with Crippen molar-refractivity contribution in [3.8, 4) is 11.5 Å². The molecule has 3 aromatic carbocycles. The molecule has 1 saturated heterocycles. The molecule has 0 aliphatic carbocycles. The van der Waals surface area contributed by atoms with Gasteiger partial charge in [0.15, 0.2) is 11.5 Å². The number of carbonyl (C=O) groups excluding carboxylic acids is 2. The topological polar surface area (TPSA) is 90.0 Å². The van der Waals surface area contributed by atoms with Gasteiger partial charge >= 0.3 is 10.1 Å². The smallest absolute Gasteiger partial charge is 0.339 e. The number of aryl methyl sites for hydroxylation is 2. The number of thioether (sulfide) groups is 1. The second-order valence-corrected chi connectivity index (χ2v) is 11.8. The van der Waals surface area contributed by atoms with Crippen LogP contribution in [0.3, 0.4) is 0 Å². The molecule has 10 heteroatoms. The number of carbonyl (C=O) groups is 2. The van der Waals surface area contributed by atoms with E-state index in [2.05, 4.69) is 0 Å². The molecule has 1 aliphatic rings. The lowest BCUT2D eigenvalue weighted by molar-refractivity contribution is -0.123. The molecule has 1 heterocycles. The molecule has 1 fully saturated rings. The summed E-state index contributed by atoms with van der Waals surface area (Å²) in [5, 5.41) is -0.349. The number of amides is 2. The third kappa shape index (κ3) is 5.76. The van der Waals surface area contributed by atoms with Crippen LogP contribution in [0.25, 0.3) is 6.08 Å². The molecule has 2 amide bonds. The maximum atomic E-state index is 13.0. The summed E-state index contributed by atoms with van der Waals surface area (Å²) in [7, 11) is -2.69. The van der Waals surface area contributed by atoms with E-state index in [1.54, 1.807) is 30.3 Å². The van der Waals surface area contributed by atoms with E-state index in [0.29, 0.717) is 9.13 Å². The lowest BCUT2D eigenvalue weighted by Crippen LogP contribution is -2.27. The Balaban J connectivity index is 1.60. The van der Waals surface area contributed by atoms with Gasteiger partial charge in [0.1, 0.15) is 4.90 Å². The van der Waals surface area contributed by atoms with Crippen molar-refractivity contribution in [3.63, 3.8) is 0 Å². The van der Waals surface area contributed by atoms with Gasteiger partial charge in [-0.1, -0.05) is 47.5 Å². The van der Waals surface area contributed by atoms with Crippen molar-refractivity contribution in [3.05, 3.63) is 91.4 Å². The van der Waals surface area contributed by atoms with Crippen LogP contribution in [-0.2, 0) is 21.5 Å². The van der Waals surface area contributed by atoms with Crippen molar-refractivity contribution in [2.24, 2.45) is 0 Å². The molecule has 0 radical (unpaired) electrons. The zero-order valence-corrected chi connectivity index (χ0v) is 23.4. The number of halogens is 1. The standard InChI is InChI=1S/C26H22INO6S2/c1-16-7-9-20(10-8-16)36(31,32)34-24-21(27)12-19(13-22(24)33-3)14-23-25(29)28(26(30)35-23)15-18-6-4-5-17(2)11-18/h4-14H,15H2,1-3H3/b23-14-. The summed E-state index contributed by atoms with van der Waals surface area (Å²) >= 11 is 2.81. The number of nitrogens with zero attached hydrogens (tertiary/aromatic N) is 1. The Bertz CT molecular complexity index is 1480. The van der Waals surface area contributed by atoms with Gasteiger partial charge in [-0.25, -0.2) is 0 Å². The van der Waals surface area contributed by atoms with Crippen molar-refractivity contribution in [1.82, 2.24) is 4.90 Å². The molecule has 7 nitrogen and oxygen atoms in total. The Morgan fingerprint density at radius 3 is 2.39 bits per heavy atom. The highest BCUT2D eigenvalue weighted by atomic mass is 127. The average molecular weight is 636 g/mol. The Labute approximate surface area is 227 Å². The van der Waals surface area contributed by atoms with Crippen LogP contribution < -0.4 is 8.92 Å². The summed E-state index contributed by atoms with van der Waals surface area (Å²) in [5.74, 6) is -0.158. The van der Waals surface area contributed by atoms with Crippen molar-refractivity contribution < 1.29 is 26.9 Å². The van der Waals surface area contributed by atoms with Crippen molar-refractivity contribution in [1.29, 1.82) is 0 Å². The van der Waals surface area contributed by atoms with Gasteiger partial charge in [0.2, 0.25) is 0 Å². The average Bonchev–Trinajstić information content (AvgIpc) is 3.08. The SMILES string of the molecule is COc1cc(/C=C2\SC(=O)N(Cc3cccc(C)c3)C2=O)cc(I)c1OS(=O)(=O)c1ccc(C)cc1. The predicted molar refractivity (Wildman–Crippen MR) is 147 cm³/mol. The molecular formula is C26H22INO6S2. The second kappa shape index (κ2) is 10.7. The summed E-state index contributed by atoms with van der Waals surface area (Å²) in [5.41, 5.74) is 3.40. The first kappa shape index (κ1) is 26.2. The molecule has 0 unspecified atom stereocenters. The first-order valence-corrected chi connectivity index (χ1v) is 14.1. The van der Waals surface area contributed by atoms with Crippen LogP contribution in [-0.4, -0.2) is 31.6 Å². The zero-order valence-electron chi connectivity index (χ0n) is 19.6. The largest absolute Gasteiger partial charge is 0.493 e. The number of benzene rings is 3. The number of methoxy groups -OCH3 is 1. The number of imide groups is 1. The molecule has 0 aromatic heterocycles. The Morgan fingerprint density at radius 1 is 1.00 bits per heavy atom. The van der Waals surface area contributed by atoms with E-state index < -0.39 is 10.1 Å². The van der Waals surface area contributed by atoms with E-state index >= 15 is 0 Å². The minimum absolute atomic E-state index is 0.0253. The second-order valence-electron chi connectivity index (χ2n) is 8.14. The highest BCUT2D eigenvalue weighted by molar-refractivity contribution is 14.1. The minimum atomic E-state index is -4.09. The lowest BCUT2D eigenvalue weighted by Gasteiger charge is -2.14. The third-order valence-corrected chi connectivity index (χ3v) is 8.29. The van der Waals surface area contributed by atoms with E-state index in [0.717, 1.165) is 28.5 Å². The number of hydrogen-bond donors (Lipinski definition) is 0. The van der Waals surface area contributed by atoms with Crippen molar-refractivity contribution in [2.45, 2.75) is 25.3 Å². The molecule has 4 rings (SSSR count). The summed E-state index contributed by atoms with van der Waals surface area (Å²) in [6, 6.07) is 17.2. The molecule has 0 N–H and O–H groups in total. The zero-order chi connectivity index (χ0) is 26.0. The third-order valence-electron chi connectivity index (χ3n) is 5.35. The fourth-order valence-electron chi connectivity index (χ4n) is 3.55. The summed E-state index contributed by atoms with van der Waals surface area (Å²) in [6.07, 6.45) is 1.59. The van der Waals surface area contributed by atoms with Gasteiger partial charge in [-0.2, -0.15) is 8.42 Å². The molecule has 0 bridgehead atoms. The lowest BCUT2D eigenvalue weighted by atomic mass is 10.1.